The smallest absolute Gasteiger partial charge is 0.289 e. The minimum atomic E-state index is -0.0616. The Bertz CT molecular complexity index is 966. The van der Waals surface area contributed by atoms with Crippen molar-refractivity contribution in [2.24, 2.45) is 4.99 Å². The molecule has 1 aromatic carbocycles. The number of rotatable bonds is 4. The number of carbonyl (C=O) groups excluding carboxylic acids is 1. The van der Waals surface area contributed by atoms with E-state index in [4.69, 9.17) is 9.40 Å². The molecule has 1 aliphatic rings. The number of nitrogens with zero attached hydrogens (tertiary/aromatic N) is 4. The van der Waals surface area contributed by atoms with Gasteiger partial charge in [0.05, 0.1) is 18.5 Å². The SMILES string of the molecule is CN=C(NCc1csc(-c2ccccc2)n1)N1CCN(C(=O)c2ccco2)CC1.I. The third-order valence-electron chi connectivity index (χ3n) is 4.81. The summed E-state index contributed by atoms with van der Waals surface area (Å²) in [6.45, 7) is 3.32. The Hall–Kier alpha value is -2.40. The Labute approximate surface area is 196 Å². The maximum atomic E-state index is 12.4. The average Bonchev–Trinajstić information content (AvgIpc) is 3.47. The van der Waals surface area contributed by atoms with Gasteiger partial charge in [-0.25, -0.2) is 4.98 Å². The van der Waals surface area contributed by atoms with Crippen LogP contribution in [0.15, 0.2) is 63.5 Å². The highest BCUT2D eigenvalue weighted by Gasteiger charge is 2.25. The van der Waals surface area contributed by atoms with E-state index in [0.29, 0.717) is 25.4 Å². The van der Waals surface area contributed by atoms with E-state index in [1.54, 1.807) is 30.5 Å². The summed E-state index contributed by atoms with van der Waals surface area (Å²) < 4.78 is 5.22. The Balaban J connectivity index is 0.00000256. The Kier molecular flexibility index (Phi) is 7.86. The number of aliphatic imine (C=N–C) groups is 1. The van der Waals surface area contributed by atoms with Crippen LogP contribution in [0.25, 0.3) is 10.6 Å². The summed E-state index contributed by atoms with van der Waals surface area (Å²) in [5, 5.41) is 6.48. The molecule has 158 valence electrons. The van der Waals surface area contributed by atoms with Crippen LogP contribution in [0, 0.1) is 0 Å². The summed E-state index contributed by atoms with van der Waals surface area (Å²) in [5.41, 5.74) is 2.12. The number of nitrogens with one attached hydrogen (secondary N) is 1. The lowest BCUT2D eigenvalue weighted by atomic mass is 10.2. The number of amides is 1. The van der Waals surface area contributed by atoms with E-state index in [1.807, 2.05) is 23.1 Å². The predicted molar refractivity (Wildman–Crippen MR) is 129 cm³/mol. The normalized spacial score (nSPS) is 14.4. The van der Waals surface area contributed by atoms with Gasteiger partial charge in [-0.3, -0.25) is 9.79 Å². The summed E-state index contributed by atoms with van der Waals surface area (Å²) in [4.78, 5) is 25.5. The Morgan fingerprint density at radius 3 is 2.53 bits per heavy atom. The van der Waals surface area contributed by atoms with Gasteiger partial charge in [0.2, 0.25) is 0 Å². The van der Waals surface area contributed by atoms with Crippen molar-refractivity contribution in [3.63, 3.8) is 0 Å². The van der Waals surface area contributed by atoms with Crippen molar-refractivity contribution < 1.29 is 9.21 Å². The van der Waals surface area contributed by atoms with Gasteiger partial charge >= 0.3 is 0 Å². The number of hydrogen-bond acceptors (Lipinski definition) is 5. The number of benzene rings is 1. The van der Waals surface area contributed by atoms with Gasteiger partial charge in [-0.05, 0) is 12.1 Å². The Morgan fingerprint density at radius 2 is 1.87 bits per heavy atom. The summed E-state index contributed by atoms with van der Waals surface area (Å²) in [6, 6.07) is 13.6. The molecule has 0 bridgehead atoms. The molecule has 0 atom stereocenters. The molecule has 4 rings (SSSR count). The molecule has 1 amide bonds. The molecule has 3 aromatic rings. The van der Waals surface area contributed by atoms with Crippen molar-refractivity contribution in [3.8, 4) is 10.6 Å². The zero-order valence-corrected chi connectivity index (χ0v) is 19.8. The fourth-order valence-corrected chi connectivity index (χ4v) is 4.11. The number of piperazine rings is 1. The quantitative estimate of drug-likeness (QED) is 0.313. The number of halogens is 1. The highest BCUT2D eigenvalue weighted by molar-refractivity contribution is 14.0. The van der Waals surface area contributed by atoms with E-state index in [0.717, 1.165) is 35.3 Å². The van der Waals surface area contributed by atoms with Crippen LogP contribution in [-0.2, 0) is 6.54 Å². The summed E-state index contributed by atoms with van der Waals surface area (Å²) in [5.74, 6) is 1.15. The highest BCUT2D eigenvalue weighted by Crippen LogP contribution is 2.23. The molecular weight excluding hydrogens is 513 g/mol. The molecule has 1 aliphatic heterocycles. The molecule has 7 nitrogen and oxygen atoms in total. The first-order chi connectivity index (χ1) is 14.2. The van der Waals surface area contributed by atoms with Crippen molar-refractivity contribution in [2.75, 3.05) is 33.2 Å². The van der Waals surface area contributed by atoms with Crippen LogP contribution in [0.2, 0.25) is 0 Å². The van der Waals surface area contributed by atoms with Crippen molar-refractivity contribution in [1.82, 2.24) is 20.1 Å². The second-order valence-corrected chi connectivity index (χ2v) is 7.53. The lowest BCUT2D eigenvalue weighted by molar-refractivity contribution is 0.0657. The molecule has 30 heavy (non-hydrogen) atoms. The fraction of sp³-hybridized carbons (Fsp3) is 0.286. The topological polar surface area (TPSA) is 74.0 Å². The van der Waals surface area contributed by atoms with Gasteiger partial charge in [-0.2, -0.15) is 0 Å². The molecule has 0 spiro atoms. The lowest BCUT2D eigenvalue weighted by Crippen LogP contribution is -2.53. The third kappa shape index (κ3) is 5.20. The van der Waals surface area contributed by atoms with E-state index in [1.165, 1.54) is 6.26 Å². The van der Waals surface area contributed by atoms with Crippen LogP contribution in [0.4, 0.5) is 0 Å². The zero-order chi connectivity index (χ0) is 20.1. The minimum Gasteiger partial charge on any atom is -0.459 e. The van der Waals surface area contributed by atoms with E-state index in [9.17, 15) is 4.79 Å². The largest absolute Gasteiger partial charge is 0.459 e. The standard InChI is InChI=1S/C21H23N5O2S.HI/c1-22-21(23-14-17-15-29-19(24-17)16-6-3-2-4-7-16)26-11-9-25(10-12-26)20(27)18-8-5-13-28-18;/h2-8,13,15H,9-12,14H2,1H3,(H,22,23);1H. The van der Waals surface area contributed by atoms with E-state index < -0.39 is 0 Å². The molecule has 0 radical (unpaired) electrons. The van der Waals surface area contributed by atoms with Crippen LogP contribution in [0.3, 0.4) is 0 Å². The second kappa shape index (κ2) is 10.6. The van der Waals surface area contributed by atoms with Gasteiger partial charge in [0.1, 0.15) is 5.01 Å². The first-order valence-electron chi connectivity index (χ1n) is 9.53. The predicted octanol–water partition coefficient (Wildman–Crippen LogP) is 3.55. The van der Waals surface area contributed by atoms with Gasteiger partial charge in [-0.15, -0.1) is 35.3 Å². The van der Waals surface area contributed by atoms with Gasteiger partial charge in [-0.1, -0.05) is 30.3 Å². The zero-order valence-electron chi connectivity index (χ0n) is 16.7. The number of guanidine groups is 1. The van der Waals surface area contributed by atoms with E-state index in [2.05, 4.69) is 32.7 Å². The highest BCUT2D eigenvalue weighted by atomic mass is 127. The van der Waals surface area contributed by atoms with Gasteiger partial charge in [0.25, 0.3) is 5.91 Å². The molecule has 0 aliphatic carbocycles. The molecule has 1 N–H and O–H groups in total. The summed E-state index contributed by atoms with van der Waals surface area (Å²) in [6.07, 6.45) is 1.52. The van der Waals surface area contributed by atoms with Crippen molar-refractivity contribution in [1.29, 1.82) is 0 Å². The van der Waals surface area contributed by atoms with Gasteiger partial charge in [0.15, 0.2) is 11.7 Å². The third-order valence-corrected chi connectivity index (χ3v) is 5.75. The van der Waals surface area contributed by atoms with Crippen molar-refractivity contribution in [3.05, 3.63) is 65.6 Å². The van der Waals surface area contributed by atoms with Gasteiger partial charge in [0, 0.05) is 44.2 Å². The first kappa shape index (κ1) is 22.3. The number of furan rings is 1. The van der Waals surface area contributed by atoms with Crippen LogP contribution >= 0.6 is 35.3 Å². The van der Waals surface area contributed by atoms with Crippen molar-refractivity contribution >= 4 is 47.2 Å². The van der Waals surface area contributed by atoms with E-state index in [-0.39, 0.29) is 29.9 Å². The molecule has 0 unspecified atom stereocenters. The molecule has 1 fully saturated rings. The minimum absolute atomic E-state index is 0. The Morgan fingerprint density at radius 1 is 1.13 bits per heavy atom. The van der Waals surface area contributed by atoms with Crippen LogP contribution in [-0.4, -0.2) is 59.9 Å². The maximum absolute atomic E-state index is 12.4. The first-order valence-corrected chi connectivity index (χ1v) is 10.4. The fourth-order valence-electron chi connectivity index (χ4n) is 3.28. The average molecular weight is 537 g/mol. The summed E-state index contributed by atoms with van der Waals surface area (Å²) in [7, 11) is 1.78. The molecule has 0 saturated carbocycles. The van der Waals surface area contributed by atoms with E-state index >= 15 is 0 Å². The molecular formula is C21H24IN5O2S. The molecule has 3 heterocycles. The number of thiazole rings is 1. The molecule has 2 aromatic heterocycles. The lowest BCUT2D eigenvalue weighted by Gasteiger charge is -2.36. The van der Waals surface area contributed by atoms with Crippen LogP contribution in [0.1, 0.15) is 16.2 Å². The van der Waals surface area contributed by atoms with Crippen molar-refractivity contribution in [2.45, 2.75) is 6.54 Å². The van der Waals surface area contributed by atoms with Gasteiger partial charge < -0.3 is 19.5 Å². The number of aromatic nitrogens is 1. The number of hydrogen-bond donors (Lipinski definition) is 1. The molecule has 9 heteroatoms. The second-order valence-electron chi connectivity index (χ2n) is 6.67. The van der Waals surface area contributed by atoms with Crippen LogP contribution < -0.4 is 5.32 Å². The maximum Gasteiger partial charge on any atom is 0.289 e. The summed E-state index contributed by atoms with van der Waals surface area (Å²) >= 11 is 1.64. The monoisotopic (exact) mass is 537 g/mol. The van der Waals surface area contributed by atoms with Crippen LogP contribution in [0.5, 0.6) is 0 Å². The molecule has 1 saturated heterocycles. The number of carbonyl (C=O) groups is 1.